The molecule has 9 heteroatoms. The Kier molecular flexibility index (Phi) is 4.61. The molecule has 1 spiro atoms. The predicted molar refractivity (Wildman–Crippen MR) is 110 cm³/mol. The van der Waals surface area contributed by atoms with Crippen LogP contribution >= 0.6 is 0 Å². The molecule has 0 N–H and O–H groups in total. The minimum Gasteiger partial charge on any atom is -0.334 e. The monoisotopic (exact) mass is 442 g/mol. The van der Waals surface area contributed by atoms with Crippen LogP contribution in [-0.2, 0) is 23.1 Å². The van der Waals surface area contributed by atoms with E-state index in [1.54, 1.807) is 17.1 Å². The van der Waals surface area contributed by atoms with Crippen molar-refractivity contribution in [3.8, 4) is 11.1 Å². The predicted octanol–water partition coefficient (Wildman–Crippen LogP) is 3.55. The van der Waals surface area contributed by atoms with Crippen molar-refractivity contribution in [3.63, 3.8) is 0 Å². The Balaban J connectivity index is 1.22. The number of halogens is 3. The molecule has 2 fully saturated rings. The van der Waals surface area contributed by atoms with Crippen LogP contribution in [0.5, 0.6) is 0 Å². The van der Waals surface area contributed by atoms with Crippen molar-refractivity contribution in [3.05, 3.63) is 48.5 Å². The van der Waals surface area contributed by atoms with E-state index in [9.17, 15) is 22.8 Å². The molecule has 2 aromatic heterocycles. The number of fused-ring (bicyclic) bond motifs is 1. The van der Waals surface area contributed by atoms with E-state index in [0.29, 0.717) is 18.5 Å². The smallest absolute Gasteiger partial charge is 0.334 e. The fourth-order valence-corrected chi connectivity index (χ4v) is 4.91. The topological polar surface area (TPSA) is 68.1 Å². The lowest BCUT2D eigenvalue weighted by atomic mass is 9.56. The maximum absolute atomic E-state index is 12.7. The molecule has 0 atom stereocenters. The molecule has 6 nitrogen and oxygen atoms in total. The first-order chi connectivity index (χ1) is 15.1. The summed E-state index contributed by atoms with van der Waals surface area (Å²) in [6.07, 6.45) is 1.91. The maximum Gasteiger partial charge on any atom is 0.471 e. The van der Waals surface area contributed by atoms with Gasteiger partial charge in [0.05, 0.1) is 6.20 Å². The van der Waals surface area contributed by atoms with Crippen LogP contribution in [0, 0.1) is 11.3 Å². The zero-order valence-electron chi connectivity index (χ0n) is 17.4. The number of rotatable bonds is 4. The van der Waals surface area contributed by atoms with E-state index >= 15 is 0 Å². The molecule has 166 valence electrons. The van der Waals surface area contributed by atoms with E-state index in [4.69, 9.17) is 0 Å². The molecule has 0 bridgehead atoms. The molecule has 0 unspecified atom stereocenters. The fraction of sp³-hybridized carbons (Fsp3) is 0.391. The van der Waals surface area contributed by atoms with Crippen LogP contribution in [0.2, 0.25) is 0 Å². The lowest BCUT2D eigenvalue weighted by Crippen LogP contribution is -2.66. The Morgan fingerprint density at radius 3 is 2.50 bits per heavy atom. The molecule has 1 amide bonds. The number of aryl methyl sites for hydroxylation is 1. The maximum atomic E-state index is 12.7. The van der Waals surface area contributed by atoms with Gasteiger partial charge in [0, 0.05) is 66.9 Å². The highest BCUT2D eigenvalue weighted by molar-refractivity contribution is 5.89. The van der Waals surface area contributed by atoms with Gasteiger partial charge in [-0.3, -0.25) is 19.3 Å². The number of benzene rings is 1. The van der Waals surface area contributed by atoms with E-state index in [0.717, 1.165) is 26.8 Å². The summed E-state index contributed by atoms with van der Waals surface area (Å²) in [5, 5.41) is 6.15. The van der Waals surface area contributed by atoms with E-state index in [1.165, 1.54) is 0 Å². The number of carbonyl (C=O) groups is 2. The van der Waals surface area contributed by atoms with Crippen LogP contribution in [0.1, 0.15) is 18.5 Å². The largest absolute Gasteiger partial charge is 0.471 e. The summed E-state index contributed by atoms with van der Waals surface area (Å²) in [6, 6.07) is 7.94. The van der Waals surface area contributed by atoms with Crippen molar-refractivity contribution in [1.29, 1.82) is 0 Å². The number of likely N-dealkylation sites (tertiary alicyclic amines) is 1. The van der Waals surface area contributed by atoms with Crippen LogP contribution in [0.4, 0.5) is 13.2 Å². The first-order valence-corrected chi connectivity index (χ1v) is 10.4. The number of amides is 1. The SMILES string of the molecule is Cn1cc(-c2ccc3cnc(CC(=O)C4CC5(C4)CN(C(=O)C(F)(F)F)C5)cc3c2)cn1. The molecule has 32 heavy (non-hydrogen) atoms. The second-order valence-electron chi connectivity index (χ2n) is 9.05. The molecule has 0 radical (unpaired) electrons. The lowest BCUT2D eigenvalue weighted by Gasteiger charge is -2.58. The molecule has 3 heterocycles. The molecular weight excluding hydrogens is 421 g/mol. The van der Waals surface area contributed by atoms with Crippen molar-refractivity contribution >= 4 is 22.5 Å². The van der Waals surface area contributed by atoms with Crippen LogP contribution in [0.3, 0.4) is 0 Å². The summed E-state index contributed by atoms with van der Waals surface area (Å²) >= 11 is 0. The molecule has 1 aromatic carbocycles. The van der Waals surface area contributed by atoms with Gasteiger partial charge in [-0.25, -0.2) is 0 Å². The molecule has 1 saturated heterocycles. The summed E-state index contributed by atoms with van der Waals surface area (Å²) in [5.74, 6) is -1.92. The highest BCUT2D eigenvalue weighted by Gasteiger charge is 2.58. The van der Waals surface area contributed by atoms with Gasteiger partial charge in [0.15, 0.2) is 0 Å². The normalized spacial score (nSPS) is 17.9. The van der Waals surface area contributed by atoms with Crippen molar-refractivity contribution in [2.45, 2.75) is 25.4 Å². The summed E-state index contributed by atoms with van der Waals surface area (Å²) < 4.78 is 39.3. The lowest BCUT2D eigenvalue weighted by molar-refractivity contribution is -0.203. The second-order valence-corrected chi connectivity index (χ2v) is 9.05. The summed E-state index contributed by atoms with van der Waals surface area (Å²) in [5.41, 5.74) is 2.38. The van der Waals surface area contributed by atoms with Gasteiger partial charge in [-0.1, -0.05) is 12.1 Å². The van der Waals surface area contributed by atoms with Crippen molar-refractivity contribution in [2.75, 3.05) is 13.1 Å². The van der Waals surface area contributed by atoms with E-state index in [1.807, 2.05) is 37.5 Å². The van der Waals surface area contributed by atoms with Gasteiger partial charge in [0.25, 0.3) is 0 Å². The van der Waals surface area contributed by atoms with E-state index in [2.05, 4.69) is 10.1 Å². The van der Waals surface area contributed by atoms with Crippen LogP contribution in [0.25, 0.3) is 21.9 Å². The van der Waals surface area contributed by atoms with Gasteiger partial charge in [0.2, 0.25) is 0 Å². The minimum absolute atomic E-state index is 0.0477. The first kappa shape index (κ1) is 20.7. The molecule has 5 rings (SSSR count). The molecule has 1 saturated carbocycles. The highest BCUT2D eigenvalue weighted by atomic mass is 19.4. The summed E-state index contributed by atoms with van der Waals surface area (Å²) in [4.78, 5) is 29.2. The number of nitrogens with zero attached hydrogens (tertiary/aromatic N) is 4. The number of hydrogen-bond donors (Lipinski definition) is 0. The van der Waals surface area contributed by atoms with Gasteiger partial charge in [-0.15, -0.1) is 0 Å². The van der Waals surface area contributed by atoms with Crippen molar-refractivity contribution < 1.29 is 22.8 Å². The Bertz CT molecular complexity index is 1220. The average Bonchev–Trinajstić information content (AvgIpc) is 3.10. The number of Topliss-reactive ketones (excluding diaryl/α,β-unsaturated/α-hetero) is 1. The third-order valence-electron chi connectivity index (χ3n) is 6.57. The third kappa shape index (κ3) is 3.65. The molecule has 3 aromatic rings. The van der Waals surface area contributed by atoms with Crippen LogP contribution < -0.4 is 0 Å². The molecule has 2 aliphatic rings. The second kappa shape index (κ2) is 7.15. The van der Waals surface area contributed by atoms with E-state index in [-0.39, 0.29) is 36.6 Å². The standard InChI is InChI=1S/C23H21F3N4O2/c1-29-11-18(10-28-29)14-2-3-15-9-27-19(5-16(15)4-14)6-20(31)17-7-22(8-17)12-30(13-22)21(32)23(24,25)26/h2-5,9-11,17H,6-8,12-13H2,1H3. The Labute approximate surface area is 182 Å². The van der Waals surface area contributed by atoms with Crippen LogP contribution in [-0.4, -0.2) is 50.6 Å². The Morgan fingerprint density at radius 2 is 1.84 bits per heavy atom. The van der Waals surface area contributed by atoms with Gasteiger partial charge in [0.1, 0.15) is 5.78 Å². The zero-order valence-corrected chi connectivity index (χ0v) is 17.4. The highest BCUT2D eigenvalue weighted by Crippen LogP contribution is 2.53. The fourth-order valence-electron chi connectivity index (χ4n) is 4.91. The van der Waals surface area contributed by atoms with Crippen molar-refractivity contribution in [1.82, 2.24) is 19.7 Å². The molecule has 1 aliphatic carbocycles. The number of ketones is 1. The third-order valence-corrected chi connectivity index (χ3v) is 6.57. The summed E-state index contributed by atoms with van der Waals surface area (Å²) in [7, 11) is 1.86. The van der Waals surface area contributed by atoms with Crippen LogP contribution in [0.15, 0.2) is 42.9 Å². The minimum atomic E-state index is -4.83. The number of hydrogen-bond acceptors (Lipinski definition) is 4. The van der Waals surface area contributed by atoms with Gasteiger partial charge in [-0.05, 0) is 35.9 Å². The number of pyridine rings is 1. The number of aromatic nitrogens is 3. The molecule has 1 aliphatic heterocycles. The Morgan fingerprint density at radius 1 is 1.09 bits per heavy atom. The number of carbonyl (C=O) groups excluding carboxylic acids is 2. The summed E-state index contributed by atoms with van der Waals surface area (Å²) in [6.45, 7) is 0.168. The Hall–Kier alpha value is -3.23. The quantitative estimate of drug-likeness (QED) is 0.620. The van der Waals surface area contributed by atoms with Gasteiger partial charge >= 0.3 is 12.1 Å². The van der Waals surface area contributed by atoms with Gasteiger partial charge < -0.3 is 4.90 Å². The van der Waals surface area contributed by atoms with E-state index < -0.39 is 12.1 Å². The average molecular weight is 442 g/mol. The number of alkyl halides is 3. The van der Waals surface area contributed by atoms with Crippen molar-refractivity contribution in [2.24, 2.45) is 18.4 Å². The first-order valence-electron chi connectivity index (χ1n) is 10.4. The van der Waals surface area contributed by atoms with Gasteiger partial charge in [-0.2, -0.15) is 18.3 Å². The zero-order chi connectivity index (χ0) is 22.7. The molecular formula is C23H21F3N4O2.